The SMILES string of the molecule is COc1cc(OC)cc(C(CCC(C)C)S(=O)(=O)c2ccc(C)cc2)c1. The molecule has 5 heteroatoms. The van der Waals surface area contributed by atoms with Crippen LogP contribution in [-0.4, -0.2) is 22.6 Å². The highest BCUT2D eigenvalue weighted by atomic mass is 32.2. The van der Waals surface area contributed by atoms with E-state index in [9.17, 15) is 8.42 Å². The predicted molar refractivity (Wildman–Crippen MR) is 105 cm³/mol. The van der Waals surface area contributed by atoms with Gasteiger partial charge in [-0.3, -0.25) is 0 Å². The number of hydrogen-bond donors (Lipinski definition) is 0. The van der Waals surface area contributed by atoms with E-state index in [1.807, 2.05) is 19.1 Å². The zero-order valence-electron chi connectivity index (χ0n) is 16.2. The Morgan fingerprint density at radius 2 is 1.42 bits per heavy atom. The molecule has 4 nitrogen and oxygen atoms in total. The Balaban J connectivity index is 2.54. The van der Waals surface area contributed by atoms with Gasteiger partial charge in [0.1, 0.15) is 11.5 Å². The smallest absolute Gasteiger partial charge is 0.185 e. The van der Waals surface area contributed by atoms with Crippen LogP contribution < -0.4 is 9.47 Å². The summed E-state index contributed by atoms with van der Waals surface area (Å²) in [5.74, 6) is 1.60. The maximum atomic E-state index is 13.4. The molecule has 1 unspecified atom stereocenters. The lowest BCUT2D eigenvalue weighted by atomic mass is 10.0. The molecule has 2 aromatic rings. The molecule has 142 valence electrons. The Morgan fingerprint density at radius 3 is 1.88 bits per heavy atom. The summed E-state index contributed by atoms with van der Waals surface area (Å²) in [5.41, 5.74) is 1.73. The summed E-state index contributed by atoms with van der Waals surface area (Å²) in [6, 6.07) is 12.4. The van der Waals surface area contributed by atoms with E-state index in [1.165, 1.54) is 0 Å². The van der Waals surface area contributed by atoms with Gasteiger partial charge in [-0.05, 0) is 55.5 Å². The Labute approximate surface area is 157 Å². The molecule has 0 aliphatic carbocycles. The first-order valence-electron chi connectivity index (χ1n) is 8.81. The first kappa shape index (κ1) is 20.3. The van der Waals surface area contributed by atoms with Crippen molar-refractivity contribution >= 4 is 9.84 Å². The summed E-state index contributed by atoms with van der Waals surface area (Å²) in [6.07, 6.45) is 1.36. The molecule has 0 saturated carbocycles. The van der Waals surface area contributed by atoms with Crippen molar-refractivity contribution in [3.8, 4) is 11.5 Å². The molecule has 1 atom stereocenters. The van der Waals surface area contributed by atoms with Gasteiger partial charge in [-0.1, -0.05) is 31.5 Å². The molecule has 0 heterocycles. The lowest BCUT2D eigenvalue weighted by molar-refractivity contribution is 0.393. The van der Waals surface area contributed by atoms with Gasteiger partial charge >= 0.3 is 0 Å². The molecule has 0 N–H and O–H groups in total. The second-order valence-corrected chi connectivity index (χ2v) is 9.09. The van der Waals surface area contributed by atoms with Crippen molar-refractivity contribution in [2.45, 2.75) is 43.8 Å². The zero-order chi connectivity index (χ0) is 19.3. The van der Waals surface area contributed by atoms with Gasteiger partial charge < -0.3 is 9.47 Å². The number of rotatable bonds is 8. The Hall–Kier alpha value is -2.01. The van der Waals surface area contributed by atoms with Crippen LogP contribution in [0, 0.1) is 12.8 Å². The highest BCUT2D eigenvalue weighted by molar-refractivity contribution is 7.91. The second kappa shape index (κ2) is 8.58. The number of methoxy groups -OCH3 is 2. The van der Waals surface area contributed by atoms with Crippen molar-refractivity contribution in [2.24, 2.45) is 5.92 Å². The van der Waals surface area contributed by atoms with E-state index >= 15 is 0 Å². The van der Waals surface area contributed by atoms with E-state index in [0.29, 0.717) is 34.3 Å². The summed E-state index contributed by atoms with van der Waals surface area (Å²) < 4.78 is 37.4. The van der Waals surface area contributed by atoms with E-state index in [0.717, 1.165) is 12.0 Å². The van der Waals surface area contributed by atoms with E-state index in [2.05, 4.69) is 13.8 Å². The van der Waals surface area contributed by atoms with Gasteiger partial charge in [0.2, 0.25) is 0 Å². The topological polar surface area (TPSA) is 52.6 Å². The van der Waals surface area contributed by atoms with Gasteiger partial charge in [0.05, 0.1) is 24.4 Å². The van der Waals surface area contributed by atoms with Crippen LogP contribution in [0.4, 0.5) is 0 Å². The third-order valence-corrected chi connectivity index (χ3v) is 6.66. The fourth-order valence-corrected chi connectivity index (χ4v) is 4.68. The van der Waals surface area contributed by atoms with Gasteiger partial charge in [-0.15, -0.1) is 0 Å². The van der Waals surface area contributed by atoms with Crippen LogP contribution in [0.1, 0.15) is 43.1 Å². The number of benzene rings is 2. The van der Waals surface area contributed by atoms with Gasteiger partial charge in [0, 0.05) is 6.07 Å². The average Bonchev–Trinajstić information content (AvgIpc) is 2.61. The lowest BCUT2D eigenvalue weighted by Gasteiger charge is -2.21. The molecule has 0 saturated heterocycles. The van der Waals surface area contributed by atoms with Crippen molar-refractivity contribution in [1.82, 2.24) is 0 Å². The van der Waals surface area contributed by atoms with Crippen LogP contribution in [0.15, 0.2) is 47.4 Å². The van der Waals surface area contributed by atoms with E-state index < -0.39 is 15.1 Å². The average molecular weight is 377 g/mol. The fraction of sp³-hybridized carbons (Fsp3) is 0.429. The first-order valence-corrected chi connectivity index (χ1v) is 10.4. The van der Waals surface area contributed by atoms with Crippen molar-refractivity contribution in [2.75, 3.05) is 14.2 Å². The van der Waals surface area contributed by atoms with E-state index in [-0.39, 0.29) is 0 Å². The minimum absolute atomic E-state index is 0.346. The molecule has 0 fully saturated rings. The summed E-state index contributed by atoms with van der Waals surface area (Å²) in [4.78, 5) is 0.346. The van der Waals surface area contributed by atoms with Gasteiger partial charge in [-0.2, -0.15) is 0 Å². The van der Waals surface area contributed by atoms with Crippen molar-refractivity contribution < 1.29 is 17.9 Å². The molecule has 2 rings (SSSR count). The number of hydrogen-bond acceptors (Lipinski definition) is 4. The maximum Gasteiger partial charge on any atom is 0.185 e. The van der Waals surface area contributed by atoms with E-state index in [4.69, 9.17) is 9.47 Å². The minimum Gasteiger partial charge on any atom is -0.497 e. The summed E-state index contributed by atoms with van der Waals surface area (Å²) >= 11 is 0. The third kappa shape index (κ3) is 4.79. The molecule has 0 radical (unpaired) electrons. The Kier molecular flexibility index (Phi) is 6.70. The lowest BCUT2D eigenvalue weighted by Crippen LogP contribution is -2.15. The Bertz CT molecular complexity index is 801. The number of aryl methyl sites for hydroxylation is 1. The molecule has 0 aromatic heterocycles. The summed E-state index contributed by atoms with van der Waals surface area (Å²) in [6.45, 7) is 6.14. The second-order valence-electron chi connectivity index (χ2n) is 6.96. The predicted octanol–water partition coefficient (Wildman–Crippen LogP) is 4.96. The largest absolute Gasteiger partial charge is 0.497 e. The van der Waals surface area contributed by atoms with Crippen LogP contribution in [0.3, 0.4) is 0 Å². The highest BCUT2D eigenvalue weighted by Gasteiger charge is 2.30. The normalized spacial score (nSPS) is 12.8. The highest BCUT2D eigenvalue weighted by Crippen LogP contribution is 2.37. The monoisotopic (exact) mass is 376 g/mol. The van der Waals surface area contributed by atoms with Crippen molar-refractivity contribution in [3.05, 3.63) is 53.6 Å². The minimum atomic E-state index is -3.53. The van der Waals surface area contributed by atoms with Crippen LogP contribution in [-0.2, 0) is 9.84 Å². The molecule has 2 aromatic carbocycles. The molecule has 0 aliphatic rings. The van der Waals surface area contributed by atoms with Gasteiger partial charge in [0.15, 0.2) is 9.84 Å². The summed E-state index contributed by atoms with van der Waals surface area (Å²) in [7, 11) is -0.396. The molecular formula is C21H28O4S. The van der Waals surface area contributed by atoms with Gasteiger partial charge in [-0.25, -0.2) is 8.42 Å². The standard InChI is InChI=1S/C21H28O4S/c1-15(2)6-11-21(17-12-18(24-4)14-19(13-17)25-5)26(22,23)20-9-7-16(3)8-10-20/h7-10,12-15,21H,6,11H2,1-5H3. The van der Waals surface area contributed by atoms with E-state index in [1.54, 1.807) is 44.6 Å². The van der Waals surface area contributed by atoms with Gasteiger partial charge in [0.25, 0.3) is 0 Å². The van der Waals surface area contributed by atoms with Crippen LogP contribution in [0.25, 0.3) is 0 Å². The Morgan fingerprint density at radius 1 is 0.885 bits per heavy atom. The maximum absolute atomic E-state index is 13.4. The van der Waals surface area contributed by atoms with Crippen LogP contribution >= 0.6 is 0 Å². The molecule has 0 aliphatic heterocycles. The van der Waals surface area contributed by atoms with Crippen molar-refractivity contribution in [1.29, 1.82) is 0 Å². The quantitative estimate of drug-likeness (QED) is 0.653. The first-order chi connectivity index (χ1) is 12.3. The molecule has 26 heavy (non-hydrogen) atoms. The summed E-state index contributed by atoms with van der Waals surface area (Å²) in [5, 5.41) is -0.642. The third-order valence-electron chi connectivity index (χ3n) is 4.48. The molecule has 0 bridgehead atoms. The molecular weight excluding hydrogens is 348 g/mol. The van der Waals surface area contributed by atoms with Crippen molar-refractivity contribution in [3.63, 3.8) is 0 Å². The number of sulfone groups is 1. The van der Waals surface area contributed by atoms with Crippen LogP contribution in [0.2, 0.25) is 0 Å². The number of ether oxygens (including phenoxy) is 2. The van der Waals surface area contributed by atoms with Crippen LogP contribution in [0.5, 0.6) is 11.5 Å². The molecule has 0 amide bonds. The molecule has 0 spiro atoms. The fourth-order valence-electron chi connectivity index (χ4n) is 2.89. The zero-order valence-corrected chi connectivity index (χ0v) is 17.0.